The fourth-order valence-corrected chi connectivity index (χ4v) is 3.29. The van der Waals surface area contributed by atoms with Crippen molar-refractivity contribution in [1.29, 1.82) is 0 Å². The zero-order valence-electron chi connectivity index (χ0n) is 16.0. The van der Waals surface area contributed by atoms with E-state index in [4.69, 9.17) is 0 Å². The van der Waals surface area contributed by atoms with Crippen LogP contribution in [0.15, 0.2) is 49.2 Å². The normalized spacial score (nSPS) is 12.4. The first-order valence-corrected chi connectivity index (χ1v) is 9.50. The van der Waals surface area contributed by atoms with Crippen LogP contribution in [0.4, 0.5) is 10.5 Å². The van der Waals surface area contributed by atoms with Gasteiger partial charge in [-0.2, -0.15) is 0 Å². The number of nitrogens with zero attached hydrogens (tertiary/aromatic N) is 5. The molecule has 28 heavy (non-hydrogen) atoms. The Morgan fingerprint density at radius 3 is 2.93 bits per heavy atom. The number of aryl methyl sites for hydroxylation is 1. The topological polar surface area (TPSA) is 89.1 Å². The van der Waals surface area contributed by atoms with Gasteiger partial charge in [0.1, 0.15) is 0 Å². The summed E-state index contributed by atoms with van der Waals surface area (Å²) in [6.45, 7) is 5.07. The highest BCUT2D eigenvalue weighted by Gasteiger charge is 2.16. The van der Waals surface area contributed by atoms with Crippen molar-refractivity contribution in [2.75, 3.05) is 5.32 Å². The van der Waals surface area contributed by atoms with Gasteiger partial charge in [-0.1, -0.05) is 13.8 Å². The van der Waals surface area contributed by atoms with Gasteiger partial charge in [-0.3, -0.25) is 4.40 Å². The minimum Gasteiger partial charge on any atom is -0.331 e. The van der Waals surface area contributed by atoms with Crippen LogP contribution in [-0.2, 0) is 6.54 Å². The first-order chi connectivity index (χ1) is 13.7. The molecule has 0 aliphatic heterocycles. The van der Waals surface area contributed by atoms with Gasteiger partial charge in [-0.15, -0.1) is 0 Å². The molecule has 1 aromatic carbocycles. The van der Waals surface area contributed by atoms with E-state index < -0.39 is 0 Å². The molecule has 3 heterocycles. The molecule has 3 aromatic heterocycles. The number of hydrogen-bond donors (Lipinski definition) is 2. The van der Waals surface area contributed by atoms with Crippen molar-refractivity contribution in [3.63, 3.8) is 0 Å². The maximum absolute atomic E-state index is 12.5. The number of carbonyl (C=O) groups is 1. The molecular weight excluding hydrogens is 354 g/mol. The molecule has 2 amide bonds. The van der Waals surface area contributed by atoms with Crippen molar-refractivity contribution in [2.24, 2.45) is 0 Å². The summed E-state index contributed by atoms with van der Waals surface area (Å²) < 4.78 is 3.96. The van der Waals surface area contributed by atoms with Crippen LogP contribution in [0.1, 0.15) is 38.4 Å². The van der Waals surface area contributed by atoms with Crippen molar-refractivity contribution in [3.8, 4) is 0 Å². The van der Waals surface area contributed by atoms with Gasteiger partial charge in [0.2, 0.25) is 5.78 Å². The summed E-state index contributed by atoms with van der Waals surface area (Å²) in [4.78, 5) is 25.7. The van der Waals surface area contributed by atoms with Crippen LogP contribution in [0.5, 0.6) is 0 Å². The van der Waals surface area contributed by atoms with E-state index in [0.717, 1.165) is 36.1 Å². The summed E-state index contributed by atoms with van der Waals surface area (Å²) in [7, 11) is 0. The second-order valence-electron chi connectivity index (χ2n) is 6.69. The Balaban J connectivity index is 1.47. The van der Waals surface area contributed by atoms with E-state index in [1.807, 2.05) is 54.3 Å². The highest BCUT2D eigenvalue weighted by atomic mass is 16.2. The molecule has 0 spiro atoms. The fourth-order valence-electron chi connectivity index (χ4n) is 3.29. The first-order valence-electron chi connectivity index (χ1n) is 9.50. The van der Waals surface area contributed by atoms with Crippen LogP contribution in [0.3, 0.4) is 0 Å². The van der Waals surface area contributed by atoms with Crippen molar-refractivity contribution >= 4 is 28.5 Å². The molecular formula is C20H23N7O. The fraction of sp³-hybridized carbons (Fsp3) is 0.300. The van der Waals surface area contributed by atoms with Gasteiger partial charge in [0, 0.05) is 30.8 Å². The summed E-state index contributed by atoms with van der Waals surface area (Å²) in [6.07, 6.45) is 9.08. The number of urea groups is 1. The predicted molar refractivity (Wildman–Crippen MR) is 108 cm³/mol. The minimum absolute atomic E-state index is 0.200. The van der Waals surface area contributed by atoms with Crippen LogP contribution in [0.2, 0.25) is 0 Å². The molecule has 4 rings (SSSR count). The Labute approximate surface area is 162 Å². The highest BCUT2D eigenvalue weighted by molar-refractivity contribution is 5.92. The van der Waals surface area contributed by atoms with E-state index in [2.05, 4.69) is 37.1 Å². The molecule has 0 fully saturated rings. The van der Waals surface area contributed by atoms with E-state index in [9.17, 15) is 4.79 Å². The zero-order chi connectivity index (χ0) is 19.5. The monoisotopic (exact) mass is 377 g/mol. The summed E-state index contributed by atoms with van der Waals surface area (Å²) in [5.41, 5.74) is 3.42. The predicted octanol–water partition coefficient (Wildman–Crippen LogP) is 3.76. The molecule has 8 heteroatoms. The van der Waals surface area contributed by atoms with Crippen molar-refractivity contribution < 1.29 is 4.79 Å². The Morgan fingerprint density at radius 1 is 1.25 bits per heavy atom. The number of rotatable bonds is 6. The van der Waals surface area contributed by atoms with Crippen molar-refractivity contribution in [1.82, 2.24) is 29.2 Å². The Bertz CT molecular complexity index is 1080. The number of anilines is 1. The number of amides is 2. The summed E-state index contributed by atoms with van der Waals surface area (Å²) in [5.74, 6) is 0.617. The molecule has 0 radical (unpaired) electrons. The summed E-state index contributed by atoms with van der Waals surface area (Å²) in [5, 5.41) is 5.88. The molecule has 0 saturated heterocycles. The van der Waals surface area contributed by atoms with Crippen molar-refractivity contribution in [3.05, 3.63) is 54.9 Å². The molecule has 1 unspecified atom stereocenters. The van der Waals surface area contributed by atoms with Gasteiger partial charge >= 0.3 is 6.03 Å². The molecule has 2 N–H and O–H groups in total. The van der Waals surface area contributed by atoms with Gasteiger partial charge in [-0.25, -0.2) is 19.7 Å². The van der Waals surface area contributed by atoms with Gasteiger partial charge < -0.3 is 15.2 Å². The minimum atomic E-state index is -0.274. The Morgan fingerprint density at radius 2 is 2.14 bits per heavy atom. The van der Waals surface area contributed by atoms with E-state index in [0.29, 0.717) is 11.5 Å². The van der Waals surface area contributed by atoms with Crippen LogP contribution in [0.25, 0.3) is 16.8 Å². The highest BCUT2D eigenvalue weighted by Crippen LogP contribution is 2.20. The SMILES string of the molecule is CCCn1cnc2cc(NC(=O)NC(CC)c3cn4cccnc4n3)ccc21. The van der Waals surface area contributed by atoms with E-state index in [1.165, 1.54) is 0 Å². The second kappa shape index (κ2) is 7.67. The maximum Gasteiger partial charge on any atom is 0.319 e. The van der Waals surface area contributed by atoms with Crippen molar-refractivity contribution in [2.45, 2.75) is 39.3 Å². The Kier molecular flexibility index (Phi) is 4.92. The molecule has 1 atom stereocenters. The van der Waals surface area contributed by atoms with Crippen LogP contribution in [0, 0.1) is 0 Å². The average Bonchev–Trinajstić information content (AvgIpc) is 3.30. The van der Waals surface area contributed by atoms with Crippen LogP contribution in [-0.4, -0.2) is 30.0 Å². The number of aromatic nitrogens is 5. The molecule has 0 bridgehead atoms. The van der Waals surface area contributed by atoms with Gasteiger partial charge in [0.25, 0.3) is 0 Å². The number of benzene rings is 1. The molecule has 0 aliphatic carbocycles. The van der Waals surface area contributed by atoms with Gasteiger partial charge in [0.05, 0.1) is 29.1 Å². The summed E-state index contributed by atoms with van der Waals surface area (Å²) >= 11 is 0. The lowest BCUT2D eigenvalue weighted by Crippen LogP contribution is -2.32. The second-order valence-corrected chi connectivity index (χ2v) is 6.69. The number of fused-ring (bicyclic) bond motifs is 2. The first kappa shape index (κ1) is 18.0. The van der Waals surface area contributed by atoms with Gasteiger partial charge in [0.15, 0.2) is 0 Å². The molecule has 8 nitrogen and oxygen atoms in total. The van der Waals surface area contributed by atoms with Crippen LogP contribution < -0.4 is 10.6 Å². The van der Waals surface area contributed by atoms with E-state index in [-0.39, 0.29) is 12.1 Å². The largest absolute Gasteiger partial charge is 0.331 e. The molecule has 144 valence electrons. The smallest absolute Gasteiger partial charge is 0.319 e. The lowest BCUT2D eigenvalue weighted by atomic mass is 10.2. The standard InChI is InChI=1S/C20H23N7O/c1-3-9-27-13-22-16-11-14(6-7-18(16)27)23-20(28)25-15(4-2)17-12-26-10-5-8-21-19(26)24-17/h5-8,10-13,15H,3-4,9H2,1-2H3,(H2,23,25,28). The van der Waals surface area contributed by atoms with E-state index >= 15 is 0 Å². The van der Waals surface area contributed by atoms with E-state index in [1.54, 1.807) is 6.20 Å². The Hall–Kier alpha value is -3.42. The lowest BCUT2D eigenvalue weighted by molar-refractivity contribution is 0.248. The number of nitrogens with one attached hydrogen (secondary N) is 2. The third kappa shape index (κ3) is 3.53. The lowest BCUT2D eigenvalue weighted by Gasteiger charge is -2.15. The third-order valence-electron chi connectivity index (χ3n) is 4.67. The quantitative estimate of drug-likeness (QED) is 0.535. The molecule has 4 aromatic rings. The number of imidazole rings is 2. The zero-order valence-corrected chi connectivity index (χ0v) is 16.0. The summed E-state index contributed by atoms with van der Waals surface area (Å²) in [6, 6.07) is 7.14. The molecule has 0 saturated carbocycles. The van der Waals surface area contributed by atoms with Crippen LogP contribution >= 0.6 is 0 Å². The maximum atomic E-state index is 12.5. The number of carbonyl (C=O) groups excluding carboxylic acids is 1. The van der Waals surface area contributed by atoms with Gasteiger partial charge in [-0.05, 0) is 37.1 Å². The number of hydrogen-bond acceptors (Lipinski definition) is 4. The molecule has 0 aliphatic rings. The average molecular weight is 377 g/mol. The third-order valence-corrected chi connectivity index (χ3v) is 4.67.